The fourth-order valence-electron chi connectivity index (χ4n) is 2.83. The zero-order chi connectivity index (χ0) is 17.3. The molecule has 2 N–H and O–H groups in total. The monoisotopic (exact) mass is 330 g/mol. The van der Waals surface area contributed by atoms with Crippen molar-refractivity contribution in [2.75, 3.05) is 20.8 Å². The second kappa shape index (κ2) is 6.31. The van der Waals surface area contributed by atoms with Crippen molar-refractivity contribution < 1.29 is 29.2 Å². The van der Waals surface area contributed by atoms with E-state index < -0.39 is 11.7 Å². The molecule has 2 aromatic rings. The van der Waals surface area contributed by atoms with E-state index in [-0.39, 0.29) is 35.2 Å². The average Bonchev–Trinajstić information content (AvgIpc) is 2.58. The maximum Gasteiger partial charge on any atom is 0.203 e. The van der Waals surface area contributed by atoms with E-state index in [1.54, 1.807) is 7.11 Å². The number of benzene rings is 2. The molecule has 0 saturated heterocycles. The Bertz CT molecular complexity index is 766. The first kappa shape index (κ1) is 16.0. The van der Waals surface area contributed by atoms with Gasteiger partial charge in [0, 0.05) is 6.07 Å². The number of phenolic OH excluding ortho intramolecular Hbond substituents is 2. The molecular formula is C18H18O6. The highest BCUT2D eigenvalue weighted by Gasteiger charge is 2.34. The maximum atomic E-state index is 12.7. The maximum absolute atomic E-state index is 12.7. The second-order valence-corrected chi connectivity index (χ2v) is 5.58. The predicted molar refractivity (Wildman–Crippen MR) is 86.3 cm³/mol. The molecule has 6 heteroatoms. The fourth-order valence-corrected chi connectivity index (χ4v) is 2.83. The molecule has 1 atom stereocenters. The lowest BCUT2D eigenvalue weighted by atomic mass is 9.89. The molecule has 1 aliphatic heterocycles. The number of methoxy groups -OCH3 is 2. The van der Waals surface area contributed by atoms with E-state index in [1.165, 1.54) is 13.2 Å². The number of hydrogen-bond donors (Lipinski definition) is 2. The Balaban J connectivity index is 1.88. The van der Waals surface area contributed by atoms with Crippen LogP contribution in [0.3, 0.4) is 0 Å². The van der Waals surface area contributed by atoms with Crippen LogP contribution in [-0.4, -0.2) is 36.8 Å². The molecule has 1 heterocycles. The summed E-state index contributed by atoms with van der Waals surface area (Å²) in [7, 11) is 2.90. The van der Waals surface area contributed by atoms with Gasteiger partial charge in [-0.1, -0.05) is 12.1 Å². The molecule has 0 bridgehead atoms. The van der Waals surface area contributed by atoms with Gasteiger partial charge in [-0.2, -0.15) is 0 Å². The first-order valence-corrected chi connectivity index (χ1v) is 7.48. The largest absolute Gasteiger partial charge is 0.504 e. The molecule has 0 spiro atoms. The Hall–Kier alpha value is -2.89. The normalized spacial score (nSPS) is 16.2. The summed E-state index contributed by atoms with van der Waals surface area (Å²) in [5, 5.41) is 20.0. The number of ether oxygens (including phenoxy) is 3. The molecule has 0 amide bonds. The summed E-state index contributed by atoms with van der Waals surface area (Å²) in [6.45, 7) is 0.184. The minimum Gasteiger partial charge on any atom is -0.504 e. The predicted octanol–water partition coefficient (Wildman–Crippen LogP) is 2.55. The zero-order valence-electron chi connectivity index (χ0n) is 13.4. The topological polar surface area (TPSA) is 85.2 Å². The highest BCUT2D eigenvalue weighted by Crippen LogP contribution is 2.46. The van der Waals surface area contributed by atoms with Crippen molar-refractivity contribution in [3.63, 3.8) is 0 Å². The zero-order valence-corrected chi connectivity index (χ0v) is 13.4. The summed E-state index contributed by atoms with van der Waals surface area (Å²) < 4.78 is 15.6. The van der Waals surface area contributed by atoms with Crippen molar-refractivity contribution in [1.29, 1.82) is 0 Å². The summed E-state index contributed by atoms with van der Waals surface area (Å²) in [6.07, 6.45) is 0.477. The summed E-state index contributed by atoms with van der Waals surface area (Å²) in [6, 6.07) is 8.72. The smallest absolute Gasteiger partial charge is 0.203 e. The van der Waals surface area contributed by atoms with Gasteiger partial charge in [-0.25, -0.2) is 0 Å². The second-order valence-electron chi connectivity index (χ2n) is 5.58. The molecule has 3 rings (SSSR count). The van der Waals surface area contributed by atoms with Crippen molar-refractivity contribution in [1.82, 2.24) is 0 Å². The van der Waals surface area contributed by atoms with Crippen LogP contribution >= 0.6 is 0 Å². The Morgan fingerprint density at radius 1 is 1.17 bits per heavy atom. The number of carbonyl (C=O) groups excluding carboxylic acids is 1. The summed E-state index contributed by atoms with van der Waals surface area (Å²) in [4.78, 5) is 12.7. The number of carbonyl (C=O) groups is 1. The van der Waals surface area contributed by atoms with Gasteiger partial charge in [-0.05, 0) is 24.1 Å². The molecule has 1 aliphatic rings. The van der Waals surface area contributed by atoms with Gasteiger partial charge in [0.1, 0.15) is 17.1 Å². The van der Waals surface area contributed by atoms with Crippen molar-refractivity contribution >= 4 is 5.78 Å². The molecular weight excluding hydrogens is 312 g/mol. The standard InChI is InChI=1S/C18H18O6/c1-22-12-5-3-10(4-6-12)7-11-9-24-14-8-13(19)18(23-2)17(21)15(14)16(11)20/h3-6,8,11,19,21H,7,9H2,1-2H3. The van der Waals surface area contributed by atoms with Gasteiger partial charge < -0.3 is 24.4 Å². The van der Waals surface area contributed by atoms with E-state index in [0.717, 1.165) is 11.3 Å². The summed E-state index contributed by atoms with van der Waals surface area (Å²) in [5.74, 6) is -0.535. The number of hydrogen-bond acceptors (Lipinski definition) is 6. The third-order valence-corrected chi connectivity index (χ3v) is 4.10. The average molecular weight is 330 g/mol. The Morgan fingerprint density at radius 3 is 2.50 bits per heavy atom. The van der Waals surface area contributed by atoms with Gasteiger partial charge in [0.25, 0.3) is 0 Å². The lowest BCUT2D eigenvalue weighted by Crippen LogP contribution is -2.29. The highest BCUT2D eigenvalue weighted by molar-refractivity contribution is 6.05. The molecule has 126 valence electrons. The summed E-state index contributed by atoms with van der Waals surface area (Å²) >= 11 is 0. The van der Waals surface area contributed by atoms with Gasteiger partial charge in [0.2, 0.25) is 5.75 Å². The van der Waals surface area contributed by atoms with Crippen molar-refractivity contribution in [2.24, 2.45) is 5.92 Å². The van der Waals surface area contributed by atoms with E-state index in [4.69, 9.17) is 14.2 Å². The van der Waals surface area contributed by atoms with Gasteiger partial charge in [0.05, 0.1) is 26.7 Å². The first-order chi connectivity index (χ1) is 11.5. The fraction of sp³-hybridized carbons (Fsp3) is 0.278. The first-order valence-electron chi connectivity index (χ1n) is 7.48. The molecule has 6 nitrogen and oxygen atoms in total. The van der Waals surface area contributed by atoms with E-state index in [1.807, 2.05) is 24.3 Å². The van der Waals surface area contributed by atoms with Gasteiger partial charge in [-0.3, -0.25) is 4.79 Å². The number of fused-ring (bicyclic) bond motifs is 1. The van der Waals surface area contributed by atoms with E-state index in [9.17, 15) is 15.0 Å². The lowest BCUT2D eigenvalue weighted by Gasteiger charge is -2.25. The number of aromatic hydroxyl groups is 2. The molecule has 0 radical (unpaired) electrons. The summed E-state index contributed by atoms with van der Waals surface area (Å²) in [5.41, 5.74) is 1.01. The third kappa shape index (κ3) is 2.71. The van der Waals surface area contributed by atoms with E-state index in [2.05, 4.69) is 0 Å². The van der Waals surface area contributed by atoms with Crippen LogP contribution in [0.25, 0.3) is 0 Å². The molecule has 2 aromatic carbocycles. The Morgan fingerprint density at radius 2 is 1.88 bits per heavy atom. The quantitative estimate of drug-likeness (QED) is 0.896. The van der Waals surface area contributed by atoms with Crippen LogP contribution in [0.5, 0.6) is 28.7 Å². The Labute approximate surface area is 139 Å². The molecule has 0 fully saturated rings. The van der Waals surface area contributed by atoms with Crippen LogP contribution < -0.4 is 14.2 Å². The SMILES string of the molecule is COc1ccc(CC2COc3cc(O)c(OC)c(O)c3C2=O)cc1. The molecule has 0 saturated carbocycles. The van der Waals surface area contributed by atoms with Gasteiger partial charge in [0.15, 0.2) is 17.3 Å². The minimum atomic E-state index is -0.425. The van der Waals surface area contributed by atoms with E-state index >= 15 is 0 Å². The van der Waals surface area contributed by atoms with Crippen molar-refractivity contribution in [3.05, 3.63) is 41.5 Å². The lowest BCUT2D eigenvalue weighted by molar-refractivity contribution is 0.0824. The Kier molecular flexibility index (Phi) is 4.20. The molecule has 0 aliphatic carbocycles. The van der Waals surface area contributed by atoms with Crippen molar-refractivity contribution in [2.45, 2.75) is 6.42 Å². The van der Waals surface area contributed by atoms with Crippen LogP contribution in [0, 0.1) is 5.92 Å². The number of ketones is 1. The molecule has 0 aromatic heterocycles. The van der Waals surface area contributed by atoms with Gasteiger partial charge >= 0.3 is 0 Å². The molecule has 24 heavy (non-hydrogen) atoms. The van der Waals surface area contributed by atoms with Crippen LogP contribution in [0.2, 0.25) is 0 Å². The van der Waals surface area contributed by atoms with Crippen LogP contribution in [0.4, 0.5) is 0 Å². The highest BCUT2D eigenvalue weighted by atomic mass is 16.5. The van der Waals surface area contributed by atoms with E-state index in [0.29, 0.717) is 6.42 Å². The molecule has 1 unspecified atom stereocenters. The van der Waals surface area contributed by atoms with Crippen LogP contribution in [-0.2, 0) is 6.42 Å². The van der Waals surface area contributed by atoms with Crippen LogP contribution in [0.1, 0.15) is 15.9 Å². The minimum absolute atomic E-state index is 0.0504. The van der Waals surface area contributed by atoms with Gasteiger partial charge in [-0.15, -0.1) is 0 Å². The third-order valence-electron chi connectivity index (χ3n) is 4.10. The number of rotatable bonds is 4. The van der Waals surface area contributed by atoms with Crippen LogP contribution in [0.15, 0.2) is 30.3 Å². The van der Waals surface area contributed by atoms with Crippen molar-refractivity contribution in [3.8, 4) is 28.7 Å². The number of Topliss-reactive ketones (excluding diaryl/α,β-unsaturated/α-hetero) is 1. The number of phenols is 2.